The van der Waals surface area contributed by atoms with Gasteiger partial charge in [-0.25, -0.2) is 4.39 Å². The molecule has 2 aromatic carbocycles. The maximum absolute atomic E-state index is 13.2. The highest BCUT2D eigenvalue weighted by atomic mass is 19.1. The minimum Gasteiger partial charge on any atom is -0.451 e. The Hall–Kier alpha value is -2.95. The van der Waals surface area contributed by atoms with Gasteiger partial charge in [-0.15, -0.1) is 0 Å². The zero-order valence-corrected chi connectivity index (χ0v) is 13.3. The van der Waals surface area contributed by atoms with E-state index in [9.17, 15) is 14.0 Å². The molecule has 0 aliphatic rings. The van der Waals surface area contributed by atoms with Gasteiger partial charge in [-0.3, -0.25) is 9.59 Å². The number of aryl methyl sites for hydroxylation is 1. The van der Waals surface area contributed by atoms with Gasteiger partial charge in [-0.05, 0) is 37.6 Å². The third-order valence-electron chi connectivity index (χ3n) is 3.84. The van der Waals surface area contributed by atoms with Crippen LogP contribution in [0.3, 0.4) is 0 Å². The summed E-state index contributed by atoms with van der Waals surface area (Å²) < 4.78 is 18.6. The van der Waals surface area contributed by atoms with Gasteiger partial charge in [0, 0.05) is 6.07 Å². The number of fused-ring (bicyclic) bond motifs is 1. The van der Waals surface area contributed by atoms with Crippen molar-refractivity contribution in [2.75, 3.05) is 0 Å². The van der Waals surface area contributed by atoms with Crippen LogP contribution in [0.25, 0.3) is 11.0 Å². The summed E-state index contributed by atoms with van der Waals surface area (Å²) in [6.45, 7) is 3.83. The van der Waals surface area contributed by atoms with Crippen LogP contribution in [0.1, 0.15) is 34.6 Å². The van der Waals surface area contributed by atoms with Crippen LogP contribution in [0.2, 0.25) is 0 Å². The zero-order valence-electron chi connectivity index (χ0n) is 13.3. The van der Waals surface area contributed by atoms with Crippen LogP contribution >= 0.6 is 0 Å². The molecule has 0 unspecified atom stereocenters. The molecule has 0 radical (unpaired) electrons. The third kappa shape index (κ3) is 3.20. The Morgan fingerprint density at radius 3 is 2.54 bits per heavy atom. The van der Waals surface area contributed by atoms with Crippen molar-refractivity contribution in [1.29, 1.82) is 0 Å². The van der Waals surface area contributed by atoms with E-state index in [0.29, 0.717) is 0 Å². The SMILES string of the molecule is Cc1ccc([C@@H](C)NC(=O)c2cc(=O)c3cc(F)ccc3o2)cc1. The van der Waals surface area contributed by atoms with Crippen LogP contribution in [0, 0.1) is 12.7 Å². The molecule has 5 heteroatoms. The first-order valence-electron chi connectivity index (χ1n) is 7.55. The van der Waals surface area contributed by atoms with Crippen LogP contribution in [0.4, 0.5) is 4.39 Å². The minimum atomic E-state index is -0.528. The van der Waals surface area contributed by atoms with E-state index in [-0.39, 0.29) is 22.8 Å². The number of hydrogen-bond donors (Lipinski definition) is 1. The van der Waals surface area contributed by atoms with E-state index in [0.717, 1.165) is 23.3 Å². The van der Waals surface area contributed by atoms with Gasteiger partial charge in [0.05, 0.1) is 11.4 Å². The summed E-state index contributed by atoms with van der Waals surface area (Å²) in [5, 5.41) is 2.90. The van der Waals surface area contributed by atoms with Crippen LogP contribution in [-0.4, -0.2) is 5.91 Å². The second-order valence-corrected chi connectivity index (χ2v) is 5.72. The van der Waals surface area contributed by atoms with Crippen molar-refractivity contribution >= 4 is 16.9 Å². The maximum Gasteiger partial charge on any atom is 0.287 e. The molecule has 0 fully saturated rings. The summed E-state index contributed by atoms with van der Waals surface area (Å²) in [4.78, 5) is 24.4. The number of amides is 1. The van der Waals surface area contributed by atoms with Gasteiger partial charge in [0.1, 0.15) is 11.4 Å². The summed E-state index contributed by atoms with van der Waals surface area (Å²) in [5.41, 5.74) is 1.80. The first-order valence-corrected chi connectivity index (χ1v) is 7.55. The highest BCUT2D eigenvalue weighted by molar-refractivity contribution is 5.93. The molecule has 1 heterocycles. The molecule has 1 amide bonds. The van der Waals surface area contributed by atoms with E-state index in [4.69, 9.17) is 4.42 Å². The van der Waals surface area contributed by atoms with Crippen molar-refractivity contribution in [3.63, 3.8) is 0 Å². The number of hydrogen-bond acceptors (Lipinski definition) is 3. The lowest BCUT2D eigenvalue weighted by Gasteiger charge is -2.14. The summed E-state index contributed by atoms with van der Waals surface area (Å²) in [6, 6.07) is 12.2. The molecule has 1 N–H and O–H groups in total. The fraction of sp³-hybridized carbons (Fsp3) is 0.158. The molecule has 24 heavy (non-hydrogen) atoms. The van der Waals surface area contributed by atoms with E-state index in [1.165, 1.54) is 12.1 Å². The Labute approximate surface area is 137 Å². The largest absolute Gasteiger partial charge is 0.451 e. The molecule has 0 saturated heterocycles. The van der Waals surface area contributed by atoms with Crippen molar-refractivity contribution in [3.8, 4) is 0 Å². The number of halogens is 1. The normalized spacial score (nSPS) is 12.1. The molecule has 0 spiro atoms. The van der Waals surface area contributed by atoms with Gasteiger partial charge < -0.3 is 9.73 Å². The van der Waals surface area contributed by atoms with Gasteiger partial charge in [0.2, 0.25) is 0 Å². The number of benzene rings is 2. The molecule has 0 saturated carbocycles. The summed E-state index contributed by atoms with van der Waals surface area (Å²) >= 11 is 0. The molecule has 0 aliphatic carbocycles. The Bertz CT molecular complexity index is 961. The molecule has 1 atom stereocenters. The van der Waals surface area contributed by atoms with Crippen molar-refractivity contribution < 1.29 is 13.6 Å². The quantitative estimate of drug-likeness (QED) is 0.798. The van der Waals surface area contributed by atoms with Gasteiger partial charge >= 0.3 is 0 Å². The summed E-state index contributed by atoms with van der Waals surface area (Å²) in [5.74, 6) is -1.12. The smallest absolute Gasteiger partial charge is 0.287 e. The lowest BCUT2D eigenvalue weighted by molar-refractivity contribution is 0.0912. The molecular formula is C19H16FNO3. The lowest BCUT2D eigenvalue weighted by Crippen LogP contribution is -2.27. The van der Waals surface area contributed by atoms with E-state index in [1.807, 2.05) is 38.1 Å². The average molecular weight is 325 g/mol. The third-order valence-corrected chi connectivity index (χ3v) is 3.84. The minimum absolute atomic E-state index is 0.0990. The van der Waals surface area contributed by atoms with Gasteiger partial charge in [0.15, 0.2) is 11.2 Å². The number of carbonyl (C=O) groups excluding carboxylic acids is 1. The Morgan fingerprint density at radius 2 is 1.83 bits per heavy atom. The Kier molecular flexibility index (Phi) is 4.16. The predicted molar refractivity (Wildman–Crippen MR) is 89.5 cm³/mol. The van der Waals surface area contributed by atoms with Crippen molar-refractivity contribution in [1.82, 2.24) is 5.32 Å². The highest BCUT2D eigenvalue weighted by Gasteiger charge is 2.16. The fourth-order valence-corrected chi connectivity index (χ4v) is 2.45. The van der Waals surface area contributed by atoms with Crippen molar-refractivity contribution in [2.24, 2.45) is 0 Å². The second kappa shape index (κ2) is 6.28. The first-order chi connectivity index (χ1) is 11.4. The lowest BCUT2D eigenvalue weighted by atomic mass is 10.1. The molecule has 0 bridgehead atoms. The van der Waals surface area contributed by atoms with Gasteiger partial charge in [0.25, 0.3) is 5.91 Å². The molecule has 0 aliphatic heterocycles. The van der Waals surface area contributed by atoms with Crippen LogP contribution in [0.15, 0.2) is 57.7 Å². The number of nitrogens with one attached hydrogen (secondary N) is 1. The van der Waals surface area contributed by atoms with E-state index < -0.39 is 17.2 Å². The maximum atomic E-state index is 13.2. The average Bonchev–Trinajstić information content (AvgIpc) is 2.55. The molecule has 3 rings (SSSR count). The topological polar surface area (TPSA) is 59.3 Å². The molecule has 3 aromatic rings. The number of carbonyl (C=O) groups is 1. The van der Waals surface area contributed by atoms with Gasteiger partial charge in [-0.2, -0.15) is 0 Å². The summed E-state index contributed by atoms with van der Waals surface area (Å²) in [7, 11) is 0. The second-order valence-electron chi connectivity index (χ2n) is 5.72. The van der Waals surface area contributed by atoms with E-state index >= 15 is 0 Å². The van der Waals surface area contributed by atoms with E-state index in [1.54, 1.807) is 0 Å². The fourth-order valence-electron chi connectivity index (χ4n) is 2.45. The zero-order chi connectivity index (χ0) is 17.3. The number of rotatable bonds is 3. The Morgan fingerprint density at radius 1 is 1.12 bits per heavy atom. The van der Waals surface area contributed by atoms with Crippen LogP contribution in [0.5, 0.6) is 0 Å². The van der Waals surface area contributed by atoms with Gasteiger partial charge in [-0.1, -0.05) is 29.8 Å². The first kappa shape index (κ1) is 15.9. The molecule has 1 aromatic heterocycles. The van der Waals surface area contributed by atoms with Crippen molar-refractivity contribution in [2.45, 2.75) is 19.9 Å². The monoisotopic (exact) mass is 325 g/mol. The van der Waals surface area contributed by atoms with Crippen molar-refractivity contribution in [3.05, 3.63) is 81.5 Å². The van der Waals surface area contributed by atoms with E-state index in [2.05, 4.69) is 5.32 Å². The van der Waals surface area contributed by atoms with Crippen LogP contribution < -0.4 is 10.7 Å². The van der Waals surface area contributed by atoms with Crippen LogP contribution in [-0.2, 0) is 0 Å². The standard InChI is InChI=1S/C19H16FNO3/c1-11-3-5-13(6-4-11)12(2)21-19(23)18-10-16(22)15-9-14(20)7-8-17(15)24-18/h3-10,12H,1-2H3,(H,21,23)/t12-/m1/s1. The highest BCUT2D eigenvalue weighted by Crippen LogP contribution is 2.16. The molecule has 122 valence electrons. The molecule has 4 nitrogen and oxygen atoms in total. The molecular weight excluding hydrogens is 309 g/mol. The summed E-state index contributed by atoms with van der Waals surface area (Å²) in [6.07, 6.45) is 0. The predicted octanol–water partition coefficient (Wildman–Crippen LogP) is 3.73. The Balaban J connectivity index is 1.87.